The van der Waals surface area contributed by atoms with Crippen LogP contribution < -0.4 is 0 Å². The van der Waals surface area contributed by atoms with Gasteiger partial charge in [-0.2, -0.15) is 10.2 Å². The zero-order valence-corrected chi connectivity index (χ0v) is 11.9. The number of carbonyl (C=O) groups is 1. The number of aromatic nitrogens is 2. The first-order chi connectivity index (χ1) is 11.2. The van der Waals surface area contributed by atoms with E-state index in [1.807, 2.05) is 30.4 Å². The summed E-state index contributed by atoms with van der Waals surface area (Å²) in [6.07, 6.45) is 7.24. The number of hydrogen-bond donors (Lipinski definition) is 1. The molecular weight excluding hydrogens is 288 g/mol. The van der Waals surface area contributed by atoms with Crippen LogP contribution in [0.5, 0.6) is 0 Å². The van der Waals surface area contributed by atoms with Crippen molar-refractivity contribution in [2.45, 2.75) is 0 Å². The van der Waals surface area contributed by atoms with E-state index in [-0.39, 0.29) is 0 Å². The Morgan fingerprint density at radius 1 is 0.913 bits per heavy atom. The van der Waals surface area contributed by atoms with E-state index in [1.165, 1.54) is 0 Å². The lowest BCUT2D eigenvalue weighted by Gasteiger charge is -2.08. The van der Waals surface area contributed by atoms with Crippen LogP contribution in [0.15, 0.2) is 59.8 Å². The second kappa shape index (κ2) is 4.14. The first kappa shape index (κ1) is 12.3. The van der Waals surface area contributed by atoms with E-state index in [0.29, 0.717) is 5.57 Å². The Labute approximate surface area is 131 Å². The molecule has 2 aliphatic rings. The second-order valence-corrected chi connectivity index (χ2v) is 5.68. The van der Waals surface area contributed by atoms with Crippen molar-refractivity contribution in [3.63, 3.8) is 0 Å². The molecule has 0 aliphatic heterocycles. The lowest BCUT2D eigenvalue weighted by Crippen LogP contribution is -1.99. The monoisotopic (exact) mass is 298 g/mol. The molecule has 0 radical (unpaired) electrons. The van der Waals surface area contributed by atoms with Gasteiger partial charge in [-0.3, -0.25) is 0 Å². The van der Waals surface area contributed by atoms with Gasteiger partial charge >= 0.3 is 5.97 Å². The highest BCUT2D eigenvalue weighted by molar-refractivity contribution is 6.17. The predicted octanol–water partition coefficient (Wildman–Crippen LogP) is 3.59. The zero-order chi connectivity index (χ0) is 15.6. The van der Waals surface area contributed by atoms with E-state index in [4.69, 9.17) is 0 Å². The fourth-order valence-corrected chi connectivity index (χ4v) is 3.51. The van der Waals surface area contributed by atoms with E-state index < -0.39 is 5.97 Å². The Balaban J connectivity index is 1.84. The summed E-state index contributed by atoms with van der Waals surface area (Å²) >= 11 is 0. The molecule has 1 heterocycles. The lowest BCUT2D eigenvalue weighted by atomic mass is 9.96. The van der Waals surface area contributed by atoms with Crippen LogP contribution in [0, 0.1) is 0 Å². The van der Waals surface area contributed by atoms with Crippen LogP contribution in [0.4, 0.5) is 0 Å². The molecular formula is C19H10N2O2. The fraction of sp³-hybridized carbons (Fsp3) is 0. The van der Waals surface area contributed by atoms with Crippen molar-refractivity contribution >= 4 is 39.3 Å². The number of rotatable bonds is 1. The van der Waals surface area contributed by atoms with E-state index in [9.17, 15) is 9.90 Å². The van der Waals surface area contributed by atoms with Crippen LogP contribution in [0.3, 0.4) is 0 Å². The van der Waals surface area contributed by atoms with Crippen molar-refractivity contribution < 1.29 is 9.90 Å². The van der Waals surface area contributed by atoms with Crippen molar-refractivity contribution in [1.82, 2.24) is 10.2 Å². The molecule has 0 bridgehead atoms. The normalized spacial score (nSPS) is 15.2. The summed E-state index contributed by atoms with van der Waals surface area (Å²) in [7, 11) is 0. The average Bonchev–Trinajstić information content (AvgIpc) is 3.13. The third-order valence-electron chi connectivity index (χ3n) is 4.54. The van der Waals surface area contributed by atoms with Crippen molar-refractivity contribution in [2.24, 2.45) is 0 Å². The number of nitrogens with zero attached hydrogens (tertiary/aromatic N) is 2. The van der Waals surface area contributed by atoms with E-state index in [1.54, 1.807) is 12.3 Å². The number of aliphatic carboxylic acids is 1. The molecule has 4 nitrogen and oxygen atoms in total. The molecule has 0 saturated heterocycles. The third-order valence-corrected chi connectivity index (χ3v) is 4.54. The number of allylic oxidation sites excluding steroid dienone is 3. The summed E-state index contributed by atoms with van der Waals surface area (Å²) in [5.41, 5.74) is 5.17. The molecule has 2 aromatic carbocycles. The molecule has 4 heteroatoms. The minimum absolute atomic E-state index is 0.357. The third kappa shape index (κ3) is 1.52. The molecule has 1 aromatic heterocycles. The quantitative estimate of drug-likeness (QED) is 0.697. The highest BCUT2D eigenvalue weighted by Gasteiger charge is 2.29. The maximum Gasteiger partial charge on any atom is 0.336 e. The van der Waals surface area contributed by atoms with Crippen LogP contribution in [0.1, 0.15) is 11.1 Å². The van der Waals surface area contributed by atoms with Crippen LogP contribution >= 0.6 is 0 Å². The smallest absolute Gasteiger partial charge is 0.336 e. The Morgan fingerprint density at radius 3 is 2.65 bits per heavy atom. The number of benzene rings is 2. The van der Waals surface area contributed by atoms with Gasteiger partial charge in [-0.25, -0.2) is 4.79 Å². The van der Waals surface area contributed by atoms with Gasteiger partial charge < -0.3 is 5.11 Å². The Hall–Kier alpha value is -3.27. The Bertz CT molecular complexity index is 1140. The number of fused-ring (bicyclic) bond motifs is 7. The number of carboxylic acid groups (broad SMARTS) is 1. The van der Waals surface area contributed by atoms with E-state index in [2.05, 4.69) is 22.3 Å². The summed E-state index contributed by atoms with van der Waals surface area (Å²) < 4.78 is 0. The zero-order valence-electron chi connectivity index (χ0n) is 11.9. The molecule has 0 amide bonds. The first-order valence-electron chi connectivity index (χ1n) is 7.29. The first-order valence-corrected chi connectivity index (χ1v) is 7.29. The molecule has 0 saturated carbocycles. The van der Waals surface area contributed by atoms with Gasteiger partial charge in [0.05, 0.1) is 17.3 Å². The molecule has 1 N–H and O–H groups in total. The second-order valence-electron chi connectivity index (χ2n) is 5.68. The van der Waals surface area contributed by atoms with Gasteiger partial charge in [0.1, 0.15) is 0 Å². The van der Waals surface area contributed by atoms with Crippen molar-refractivity contribution in [1.29, 1.82) is 0 Å². The van der Waals surface area contributed by atoms with Gasteiger partial charge in [0, 0.05) is 5.39 Å². The Morgan fingerprint density at radius 2 is 1.78 bits per heavy atom. The molecule has 23 heavy (non-hydrogen) atoms. The Kier molecular flexibility index (Phi) is 2.21. The number of hydrogen-bond acceptors (Lipinski definition) is 3. The van der Waals surface area contributed by atoms with Crippen LogP contribution in [0.2, 0.25) is 0 Å². The molecule has 0 fully saturated rings. The molecule has 0 spiro atoms. The van der Waals surface area contributed by atoms with Crippen LogP contribution in [-0.4, -0.2) is 21.3 Å². The molecule has 5 rings (SSSR count). The SMILES string of the molecule is O=C(O)C1=CC=C2C1=Cc1c2ccc2c1ccc1nnccc12. The van der Waals surface area contributed by atoms with Gasteiger partial charge in [0.25, 0.3) is 0 Å². The summed E-state index contributed by atoms with van der Waals surface area (Å²) in [6, 6.07) is 10.1. The molecule has 3 aromatic rings. The highest BCUT2D eigenvalue weighted by atomic mass is 16.4. The summed E-state index contributed by atoms with van der Waals surface area (Å²) in [4.78, 5) is 11.4. The summed E-state index contributed by atoms with van der Waals surface area (Å²) in [6.45, 7) is 0. The minimum Gasteiger partial charge on any atom is -0.478 e. The number of carboxylic acids is 1. The van der Waals surface area contributed by atoms with E-state index in [0.717, 1.165) is 43.9 Å². The maximum absolute atomic E-state index is 11.4. The molecule has 0 unspecified atom stereocenters. The largest absolute Gasteiger partial charge is 0.478 e. The van der Waals surface area contributed by atoms with Gasteiger partial charge in [0.15, 0.2) is 0 Å². The predicted molar refractivity (Wildman–Crippen MR) is 88.7 cm³/mol. The van der Waals surface area contributed by atoms with Crippen molar-refractivity contribution in [3.8, 4) is 0 Å². The average molecular weight is 298 g/mol. The topological polar surface area (TPSA) is 63.1 Å². The molecule has 2 aliphatic carbocycles. The van der Waals surface area contributed by atoms with Crippen molar-refractivity contribution in [3.05, 3.63) is 71.0 Å². The molecule has 108 valence electrons. The highest BCUT2D eigenvalue weighted by Crippen LogP contribution is 2.45. The van der Waals surface area contributed by atoms with Crippen molar-refractivity contribution in [2.75, 3.05) is 0 Å². The van der Waals surface area contributed by atoms with Crippen LogP contribution in [-0.2, 0) is 4.79 Å². The van der Waals surface area contributed by atoms with Gasteiger partial charge in [0.2, 0.25) is 0 Å². The minimum atomic E-state index is -0.889. The van der Waals surface area contributed by atoms with Gasteiger partial charge in [-0.05, 0) is 57.3 Å². The maximum atomic E-state index is 11.4. The lowest BCUT2D eigenvalue weighted by molar-refractivity contribution is -0.132. The van der Waals surface area contributed by atoms with Gasteiger partial charge in [-0.1, -0.05) is 24.3 Å². The molecule has 0 atom stereocenters. The standard InChI is InChI=1S/C19H10N2O2/c22-19(23)15-4-3-12-11-2-1-10-13(16(11)9-17(12)15)5-6-18-14(10)7-8-20-21-18/h1-9H,(H,22,23). The van der Waals surface area contributed by atoms with E-state index >= 15 is 0 Å². The van der Waals surface area contributed by atoms with Gasteiger partial charge in [-0.15, -0.1) is 0 Å². The summed E-state index contributed by atoms with van der Waals surface area (Å²) in [5, 5.41) is 20.7. The fourth-order valence-electron chi connectivity index (χ4n) is 3.51. The van der Waals surface area contributed by atoms with Crippen LogP contribution in [0.25, 0.3) is 33.3 Å². The summed E-state index contributed by atoms with van der Waals surface area (Å²) in [5.74, 6) is -0.889.